The second kappa shape index (κ2) is 55.3. The summed E-state index contributed by atoms with van der Waals surface area (Å²) in [6, 6.07) is -1.05. The number of rotatable bonds is 60. The van der Waals surface area contributed by atoms with Crippen LogP contribution < -0.4 is 10.6 Å². The van der Waals surface area contributed by atoms with Crippen molar-refractivity contribution < 1.29 is 53.8 Å². The maximum absolute atomic E-state index is 14.0. The van der Waals surface area contributed by atoms with Crippen molar-refractivity contribution in [1.82, 2.24) is 20.3 Å². The predicted molar refractivity (Wildman–Crippen MR) is 346 cm³/mol. The number of carbonyl (C=O) groups excluding carboxylic acids is 4. The maximum Gasteiger partial charge on any atom is 0.306 e. The number of unbranched alkanes of at least 4 members (excludes halogenated alkanes) is 42. The number of aromatic nitrogens is 3. The monoisotopic (exact) mass is 1220 g/mol. The number of esters is 2. The van der Waals surface area contributed by atoms with Gasteiger partial charge in [0.05, 0.1) is 12.8 Å². The Kier molecular flexibility index (Phi) is 50.9. The first kappa shape index (κ1) is 78.3. The minimum Gasteiger partial charge on any atom is -0.462 e. The van der Waals surface area contributed by atoms with Crippen molar-refractivity contribution in [2.75, 3.05) is 30.0 Å². The molecule has 496 valence electrons. The number of aliphatic hydroxyl groups is 4. The first-order valence-corrected chi connectivity index (χ1v) is 36.4. The Bertz CT molecular complexity index is 1740. The number of anilines is 1. The Balaban J connectivity index is 1.97. The number of nitrogens with one attached hydrogen (secondary N) is 2. The second-order valence-electron chi connectivity index (χ2n) is 24.8. The van der Waals surface area contributed by atoms with Crippen LogP contribution in [0.1, 0.15) is 335 Å². The first-order chi connectivity index (χ1) is 41.5. The highest BCUT2D eigenvalue weighted by Gasteiger charge is 2.45. The topological polar surface area (TPSA) is 232 Å². The number of hydrogen-bond acceptors (Lipinski definition) is 14. The smallest absolute Gasteiger partial charge is 0.306 e. The Morgan fingerprint density at radius 2 is 0.894 bits per heavy atom. The third-order valence-electron chi connectivity index (χ3n) is 16.8. The van der Waals surface area contributed by atoms with Gasteiger partial charge < -0.3 is 45.3 Å². The molecule has 6 N–H and O–H groups in total. The maximum atomic E-state index is 14.0. The van der Waals surface area contributed by atoms with Gasteiger partial charge >= 0.3 is 11.9 Å². The number of amides is 2. The molecule has 2 rings (SSSR count). The number of thioether (sulfide) groups is 1. The summed E-state index contributed by atoms with van der Waals surface area (Å²) in [5, 5.41) is 54.7. The molecule has 7 atom stereocenters. The van der Waals surface area contributed by atoms with Gasteiger partial charge in [0.25, 0.3) is 0 Å². The number of carbonyl (C=O) groups is 4. The van der Waals surface area contributed by atoms with E-state index >= 15 is 0 Å². The zero-order valence-corrected chi connectivity index (χ0v) is 55.1. The Morgan fingerprint density at radius 3 is 1.29 bits per heavy atom. The number of hydrogen-bond donors (Lipinski definition) is 6. The van der Waals surface area contributed by atoms with Crippen LogP contribution in [0.2, 0.25) is 0 Å². The molecule has 17 heteroatoms. The zero-order valence-electron chi connectivity index (χ0n) is 54.3. The van der Waals surface area contributed by atoms with Crippen molar-refractivity contribution in [1.29, 1.82) is 0 Å². The van der Waals surface area contributed by atoms with Gasteiger partial charge in [-0.25, -0.2) is 4.68 Å². The summed E-state index contributed by atoms with van der Waals surface area (Å²) in [5.41, 5.74) is 0. The molecule has 1 fully saturated rings. The lowest BCUT2D eigenvalue weighted by Crippen LogP contribution is -2.56. The largest absolute Gasteiger partial charge is 0.462 e. The van der Waals surface area contributed by atoms with Crippen LogP contribution in [-0.4, -0.2) is 120 Å². The molecule has 16 nitrogen and oxygen atoms in total. The van der Waals surface area contributed by atoms with Crippen LogP contribution in [0, 0.1) is 0 Å². The van der Waals surface area contributed by atoms with Crippen LogP contribution >= 0.6 is 11.8 Å². The van der Waals surface area contributed by atoms with E-state index in [-0.39, 0.29) is 54.6 Å². The fourth-order valence-corrected chi connectivity index (χ4v) is 12.3. The molecule has 0 bridgehead atoms. The molecule has 0 aromatic carbocycles. The second-order valence-corrected chi connectivity index (χ2v) is 25.9. The lowest BCUT2D eigenvalue weighted by Gasteiger charge is -2.39. The molecule has 85 heavy (non-hydrogen) atoms. The van der Waals surface area contributed by atoms with Crippen LogP contribution in [0.15, 0.2) is 6.20 Å². The van der Waals surface area contributed by atoms with Gasteiger partial charge in [-0.1, -0.05) is 296 Å². The van der Waals surface area contributed by atoms with E-state index < -0.39 is 55.3 Å². The van der Waals surface area contributed by atoms with Crippen LogP contribution in [0.3, 0.4) is 0 Å². The van der Waals surface area contributed by atoms with E-state index in [1.165, 1.54) is 236 Å². The highest BCUT2D eigenvalue weighted by molar-refractivity contribution is 7.99. The van der Waals surface area contributed by atoms with E-state index in [1.807, 2.05) is 0 Å². The Labute approximate surface area is 521 Å². The summed E-state index contributed by atoms with van der Waals surface area (Å²) < 4.78 is 18.4. The van der Waals surface area contributed by atoms with Gasteiger partial charge in [0.2, 0.25) is 11.8 Å². The predicted octanol–water partition coefficient (Wildman–Crippen LogP) is 15.6. The molecular formula is C68H127N5O11S. The molecule has 4 unspecified atom stereocenters. The molecule has 1 aliphatic heterocycles. The summed E-state index contributed by atoms with van der Waals surface area (Å²) in [6.45, 7) is 6.03. The van der Waals surface area contributed by atoms with Gasteiger partial charge in [0.15, 0.2) is 12.0 Å². The zero-order chi connectivity index (χ0) is 61.6. The quantitative estimate of drug-likeness (QED) is 0.0263. The third-order valence-corrected chi connectivity index (χ3v) is 18.0. The van der Waals surface area contributed by atoms with Crippen LogP contribution in [0.5, 0.6) is 0 Å². The molecule has 1 saturated heterocycles. The molecule has 1 aliphatic rings. The van der Waals surface area contributed by atoms with Crippen molar-refractivity contribution in [3.63, 3.8) is 0 Å². The van der Waals surface area contributed by atoms with Gasteiger partial charge in [-0.2, -0.15) is 11.8 Å². The fraction of sp³-hybridized carbons (Fsp3) is 0.912. The van der Waals surface area contributed by atoms with Crippen molar-refractivity contribution in [3.8, 4) is 0 Å². The Hall–Kier alpha value is -2.83. The summed E-state index contributed by atoms with van der Waals surface area (Å²) >= 11 is 1.30. The van der Waals surface area contributed by atoms with E-state index in [4.69, 9.17) is 14.2 Å². The molecule has 0 aliphatic carbocycles. The summed E-state index contributed by atoms with van der Waals surface area (Å²) in [5.74, 6) is -1.27. The van der Waals surface area contributed by atoms with Crippen LogP contribution in [-0.2, 0) is 33.4 Å². The molecule has 0 saturated carbocycles. The minimum absolute atomic E-state index is 0.0276. The fourth-order valence-electron chi connectivity index (χ4n) is 11.3. The van der Waals surface area contributed by atoms with Gasteiger partial charge in [-0.05, 0) is 19.3 Å². The SMILES string of the molecule is CCCCCCCCCCCCCCCCCC(=O)N[C@H](CSC[C@@H](COC(=O)CCCCCCCCCCCCCCCCC)OC(=O)CCCCCCCCCCCCCCCCC)C(=O)Nc1cn([C@@H]2OC(CO)C(O)C(O)C2O)nn1. The van der Waals surface area contributed by atoms with Crippen LogP contribution in [0.4, 0.5) is 5.82 Å². The van der Waals surface area contributed by atoms with E-state index in [2.05, 4.69) is 41.7 Å². The molecular weight excluding hydrogens is 1090 g/mol. The summed E-state index contributed by atoms with van der Waals surface area (Å²) in [7, 11) is 0. The highest BCUT2D eigenvalue weighted by atomic mass is 32.2. The lowest BCUT2D eigenvalue weighted by molar-refractivity contribution is -0.254. The van der Waals surface area contributed by atoms with Gasteiger partial charge in [0.1, 0.15) is 43.2 Å². The third kappa shape index (κ3) is 41.9. The normalized spacial score (nSPS) is 17.7. The molecule has 1 aromatic heterocycles. The van der Waals surface area contributed by atoms with Gasteiger partial charge in [-0.15, -0.1) is 5.10 Å². The average Bonchev–Trinajstić information content (AvgIpc) is 3.14. The van der Waals surface area contributed by atoms with Gasteiger partial charge in [0, 0.05) is 30.8 Å². The minimum atomic E-state index is -1.64. The molecule has 1 aromatic rings. The van der Waals surface area contributed by atoms with E-state index in [9.17, 15) is 39.6 Å². The standard InChI is InChI=1S/C68H127N5O11S/c1-4-7-10-13-16-19-22-25-28-31-34-37-40-43-46-49-61(75)69-58(67(81)70-60-52-73(72-71-60)68-66(80)65(79)64(78)59(53-74)84-68)56-85-55-57(83-63(77)51-48-45-42-39-36-33-30-27-24-21-18-15-12-9-6-3)54-82-62(76)50-47-44-41-38-35-32-29-26-23-20-17-14-11-8-5-2/h52,57-59,64-66,68,74,78-80H,4-51,53-56H2,1-3H3,(H,69,75)(H,70,81)/t57-,58-,59?,64?,65?,66?,68-/m1/s1. The van der Waals surface area contributed by atoms with Crippen molar-refractivity contribution in [2.45, 2.75) is 372 Å². The molecule has 2 amide bonds. The molecule has 0 radical (unpaired) electrons. The number of nitrogens with zero attached hydrogens (tertiary/aromatic N) is 3. The first-order valence-electron chi connectivity index (χ1n) is 35.3. The molecule has 0 spiro atoms. The van der Waals surface area contributed by atoms with E-state index in [0.29, 0.717) is 19.3 Å². The van der Waals surface area contributed by atoms with Crippen molar-refractivity contribution >= 4 is 41.3 Å². The summed E-state index contributed by atoms with van der Waals surface area (Å²) in [4.78, 5) is 53.9. The van der Waals surface area contributed by atoms with E-state index in [1.54, 1.807) is 0 Å². The number of ether oxygens (including phenoxy) is 3. The van der Waals surface area contributed by atoms with Crippen LogP contribution in [0.25, 0.3) is 0 Å². The van der Waals surface area contributed by atoms with Crippen molar-refractivity contribution in [3.05, 3.63) is 6.20 Å². The van der Waals surface area contributed by atoms with Gasteiger partial charge in [-0.3, -0.25) is 19.2 Å². The number of aliphatic hydroxyl groups excluding tert-OH is 4. The molecule has 2 heterocycles. The summed E-state index contributed by atoms with van der Waals surface area (Å²) in [6.07, 6.45) is 49.0. The van der Waals surface area contributed by atoms with Crippen molar-refractivity contribution in [2.24, 2.45) is 0 Å². The lowest BCUT2D eigenvalue weighted by atomic mass is 9.98. The highest BCUT2D eigenvalue weighted by Crippen LogP contribution is 2.29. The Morgan fingerprint density at radius 1 is 0.518 bits per heavy atom. The average molecular weight is 1220 g/mol. The van der Waals surface area contributed by atoms with E-state index in [0.717, 1.165) is 62.5 Å².